The van der Waals surface area contributed by atoms with E-state index in [2.05, 4.69) is 0 Å². The van der Waals surface area contributed by atoms with Crippen LogP contribution in [0.3, 0.4) is 0 Å². The van der Waals surface area contributed by atoms with Crippen molar-refractivity contribution in [1.29, 1.82) is 0 Å². The van der Waals surface area contributed by atoms with Crippen molar-refractivity contribution in [3.8, 4) is 0 Å². The van der Waals surface area contributed by atoms with Crippen molar-refractivity contribution in [3.05, 3.63) is 0 Å². The van der Waals surface area contributed by atoms with Crippen molar-refractivity contribution in [2.45, 2.75) is 0 Å². The first-order valence-electron chi connectivity index (χ1n) is 0.617. The molecule has 0 saturated carbocycles. The van der Waals surface area contributed by atoms with Crippen LogP contribution in [0.15, 0.2) is 0 Å². The third-order valence-corrected chi connectivity index (χ3v) is 0. The van der Waals surface area contributed by atoms with Crippen molar-refractivity contribution >= 4 is 0 Å². The van der Waals surface area contributed by atoms with Crippen molar-refractivity contribution in [2.75, 3.05) is 0 Å². The van der Waals surface area contributed by atoms with Crippen LogP contribution in [-0.2, 0) is 0 Å². The summed E-state index contributed by atoms with van der Waals surface area (Å²) in [5.41, 5.74) is 0. The van der Waals surface area contributed by atoms with E-state index in [9.17, 15) is 0 Å². The molecule has 6 heavy (non-hydrogen) atoms. The van der Waals surface area contributed by atoms with E-state index in [1.54, 1.807) is 0 Å². The molecular weight excluding hydrogens is 238 g/mol. The fourth-order valence-electron chi connectivity index (χ4n) is 0. The van der Waals surface area contributed by atoms with Gasteiger partial charge in [-0.1, -0.05) is 0 Å². The molecule has 0 saturated heterocycles. The maximum atomic E-state index is 8.49. The van der Waals surface area contributed by atoms with Gasteiger partial charge in [-0.2, -0.15) is 0 Å². The number of hydrogen-bond donors (Lipinski definition) is 0. The molecule has 0 aliphatic carbocycles. The predicted octanol–water partition coefficient (Wildman–Crippen LogP) is -4.76. The van der Waals surface area contributed by atoms with Crippen LogP contribution in [0.2, 0.25) is 0 Å². The van der Waals surface area contributed by atoms with Crippen LogP contribution in [0.25, 0.3) is 0 Å². The zero-order valence-electron chi connectivity index (χ0n) is 2.59. The first-order chi connectivity index (χ1) is 2.00. The van der Waals surface area contributed by atoms with E-state index in [4.69, 9.17) is 18.6 Å². The summed E-state index contributed by atoms with van der Waals surface area (Å²) in [5.74, 6) is 0. The Balaban J connectivity index is 0. The van der Waals surface area contributed by atoms with Gasteiger partial charge in [-0.3, -0.25) is 0 Å². The summed E-state index contributed by atoms with van der Waals surface area (Å²) in [6.45, 7) is 0. The zero-order valence-corrected chi connectivity index (χ0v) is 6.97. The van der Waals surface area contributed by atoms with Crippen LogP contribution < -0.4 is 18.6 Å². The number of rotatable bonds is 0. The SMILES string of the molecule is [La+3].[O-][Cl+3]([O-])([O-])[O-]. The van der Waals surface area contributed by atoms with Gasteiger partial charge < -0.3 is 0 Å². The maximum absolute atomic E-state index is 8.49. The Morgan fingerprint density at radius 1 is 0.833 bits per heavy atom. The number of hydrogen-bond acceptors (Lipinski definition) is 4. The molecule has 0 aromatic carbocycles. The molecule has 6 heteroatoms. The van der Waals surface area contributed by atoms with Crippen LogP contribution in [-0.4, -0.2) is 0 Å². The Morgan fingerprint density at radius 3 is 0.833 bits per heavy atom. The summed E-state index contributed by atoms with van der Waals surface area (Å²) in [6.07, 6.45) is 0. The molecule has 0 aromatic rings. The number of halogens is 1. The van der Waals surface area contributed by atoms with Crippen molar-refractivity contribution in [1.82, 2.24) is 0 Å². The smallest absolute Gasteiger partial charge is 0.222 e. The molecule has 0 aliphatic rings. The van der Waals surface area contributed by atoms with E-state index in [0.717, 1.165) is 0 Å². The molecule has 0 heterocycles. The van der Waals surface area contributed by atoms with E-state index >= 15 is 0 Å². The van der Waals surface area contributed by atoms with Crippen LogP contribution >= 0.6 is 0 Å². The van der Waals surface area contributed by atoms with Crippen molar-refractivity contribution in [2.24, 2.45) is 0 Å². The molecule has 0 aromatic heterocycles. The van der Waals surface area contributed by atoms with Gasteiger partial charge in [0.2, 0.25) is 0 Å². The summed E-state index contributed by atoms with van der Waals surface area (Å²) >= 11 is 0. The Morgan fingerprint density at radius 2 is 0.833 bits per heavy atom. The third-order valence-electron chi connectivity index (χ3n) is 0. The van der Waals surface area contributed by atoms with E-state index in [1.165, 1.54) is 0 Å². The maximum Gasteiger partial charge on any atom is 3.00 e. The first kappa shape index (κ1) is 10.3. The molecule has 32 valence electrons. The average molecular weight is 238 g/mol. The molecule has 0 N–H and O–H groups in total. The molecule has 0 bridgehead atoms. The molecule has 0 rings (SSSR count). The van der Waals surface area contributed by atoms with Gasteiger partial charge in [0.1, 0.15) is 0 Å². The predicted molar refractivity (Wildman–Crippen MR) is 0 cm³/mol. The van der Waals surface area contributed by atoms with Gasteiger partial charge in [-0.25, -0.2) is 18.6 Å². The van der Waals surface area contributed by atoms with E-state index in [-0.39, 0.29) is 35.6 Å². The topological polar surface area (TPSA) is 92.2 Å². The summed E-state index contributed by atoms with van der Waals surface area (Å²) in [4.78, 5) is 0. The van der Waals surface area contributed by atoms with E-state index in [0.29, 0.717) is 0 Å². The van der Waals surface area contributed by atoms with Gasteiger partial charge in [0, 0.05) is 0 Å². The standard InChI is InChI=1S/ClHO4.La/c2-1(3,4)5;/h(H,2,3,4,5);/q;+3/p-1. The summed E-state index contributed by atoms with van der Waals surface area (Å²) < 4.78 is 34.0. The van der Waals surface area contributed by atoms with E-state index in [1.807, 2.05) is 0 Å². The summed E-state index contributed by atoms with van der Waals surface area (Å²) in [5, 5.41) is 0. The van der Waals surface area contributed by atoms with Gasteiger partial charge in [-0.15, -0.1) is 10.2 Å². The van der Waals surface area contributed by atoms with Gasteiger partial charge in [-0.05, 0) is 0 Å². The molecule has 0 fully saturated rings. The minimum Gasteiger partial charge on any atom is -0.222 e. The van der Waals surface area contributed by atoms with Crippen LogP contribution in [0.4, 0.5) is 0 Å². The largest absolute Gasteiger partial charge is 3.00 e. The van der Waals surface area contributed by atoms with Gasteiger partial charge in [0.25, 0.3) is 0 Å². The Kier molecular flexibility index (Phi) is 5.76. The Hall–Kier alpha value is 1.32. The molecular formula is ClLaO4+2. The van der Waals surface area contributed by atoms with Crippen LogP contribution in [0, 0.1) is 45.8 Å². The molecule has 0 amide bonds. The second kappa shape index (κ2) is 3.34. The van der Waals surface area contributed by atoms with Crippen LogP contribution in [0.5, 0.6) is 0 Å². The van der Waals surface area contributed by atoms with Crippen molar-refractivity contribution < 1.29 is 64.5 Å². The van der Waals surface area contributed by atoms with Gasteiger partial charge >= 0.3 is 35.6 Å². The Bertz CT molecular complexity index is 23.0. The molecule has 0 aliphatic heterocycles. The fourth-order valence-corrected chi connectivity index (χ4v) is 0. The first-order valence-corrected chi connectivity index (χ1v) is 1.85. The molecule has 0 unspecified atom stereocenters. The average Bonchev–Trinajstić information content (AvgIpc) is 0.722. The molecule has 0 radical (unpaired) electrons. The Labute approximate surface area is 64.1 Å². The molecule has 4 nitrogen and oxygen atoms in total. The zero-order chi connectivity index (χ0) is 4.50. The minimum atomic E-state index is -4.94. The summed E-state index contributed by atoms with van der Waals surface area (Å²) in [7, 11) is -4.94. The second-order valence-corrected chi connectivity index (χ2v) is 1.13. The molecule has 0 atom stereocenters. The normalized spacial score (nSPS) is 10.0. The second-order valence-electron chi connectivity index (χ2n) is 0.378. The van der Waals surface area contributed by atoms with E-state index < -0.39 is 10.2 Å². The minimum absolute atomic E-state index is 0. The molecule has 0 spiro atoms. The monoisotopic (exact) mass is 238 g/mol. The third kappa shape index (κ3) is 56.7. The summed E-state index contributed by atoms with van der Waals surface area (Å²) in [6, 6.07) is 0. The van der Waals surface area contributed by atoms with Crippen LogP contribution in [0.1, 0.15) is 0 Å². The quantitative estimate of drug-likeness (QED) is 0.423. The van der Waals surface area contributed by atoms with Crippen molar-refractivity contribution in [3.63, 3.8) is 0 Å². The van der Waals surface area contributed by atoms with Gasteiger partial charge in [0.15, 0.2) is 0 Å². The fraction of sp³-hybridized carbons (Fsp3) is 0. The van der Waals surface area contributed by atoms with Gasteiger partial charge in [0.05, 0.1) is 0 Å².